The van der Waals surface area contributed by atoms with Crippen molar-refractivity contribution in [2.75, 3.05) is 24.3 Å². The van der Waals surface area contributed by atoms with Crippen LogP contribution in [0.3, 0.4) is 0 Å². The van der Waals surface area contributed by atoms with E-state index >= 15 is 0 Å². The third kappa shape index (κ3) is 3.52. The first-order chi connectivity index (χ1) is 9.43. The number of benzene rings is 1. The fraction of sp³-hybridized carbons (Fsp3) is 0.538. The van der Waals surface area contributed by atoms with Gasteiger partial charge in [0.2, 0.25) is 0 Å². The highest BCUT2D eigenvalue weighted by molar-refractivity contribution is 8.00. The number of halogens is 1. The van der Waals surface area contributed by atoms with Gasteiger partial charge in [0, 0.05) is 48.5 Å². The van der Waals surface area contributed by atoms with Gasteiger partial charge in [0.15, 0.2) is 9.84 Å². The van der Waals surface area contributed by atoms with E-state index in [9.17, 15) is 12.8 Å². The van der Waals surface area contributed by atoms with Gasteiger partial charge in [-0.25, -0.2) is 12.8 Å². The van der Waals surface area contributed by atoms with Crippen molar-refractivity contribution in [2.45, 2.75) is 18.5 Å². The van der Waals surface area contributed by atoms with Crippen LogP contribution in [0.1, 0.15) is 11.1 Å². The predicted molar refractivity (Wildman–Crippen MR) is 80.7 cm³/mol. The molecule has 1 aromatic carbocycles. The minimum absolute atomic E-state index is 0.144. The lowest BCUT2D eigenvalue weighted by molar-refractivity contribution is 0.258. The lowest BCUT2D eigenvalue weighted by atomic mass is 10.1. The van der Waals surface area contributed by atoms with E-state index in [1.54, 1.807) is 30.0 Å². The molecule has 0 radical (unpaired) electrons. The van der Waals surface area contributed by atoms with E-state index in [0.717, 1.165) is 5.75 Å². The summed E-state index contributed by atoms with van der Waals surface area (Å²) >= 11 is 1.62. The van der Waals surface area contributed by atoms with Crippen LogP contribution < -0.4 is 5.73 Å². The zero-order chi connectivity index (χ0) is 14.8. The van der Waals surface area contributed by atoms with E-state index in [4.69, 9.17) is 5.73 Å². The molecule has 7 heteroatoms. The number of hydrogen-bond donors (Lipinski definition) is 1. The van der Waals surface area contributed by atoms with Crippen LogP contribution in [-0.4, -0.2) is 43.0 Å². The summed E-state index contributed by atoms with van der Waals surface area (Å²) < 4.78 is 37.8. The summed E-state index contributed by atoms with van der Waals surface area (Å²) in [7, 11) is -3.17. The topological polar surface area (TPSA) is 63.4 Å². The lowest BCUT2D eigenvalue weighted by Gasteiger charge is -2.34. The molecule has 0 spiro atoms. The first-order valence-corrected chi connectivity index (χ1v) is 9.51. The molecule has 2 N–H and O–H groups in total. The zero-order valence-electron chi connectivity index (χ0n) is 11.4. The molecule has 2 rings (SSSR count). The Bertz CT molecular complexity index is 578. The lowest BCUT2D eigenvalue weighted by Crippen LogP contribution is -2.46. The Morgan fingerprint density at radius 2 is 2.15 bits per heavy atom. The Labute approximate surface area is 123 Å². The van der Waals surface area contributed by atoms with Crippen LogP contribution in [0.15, 0.2) is 18.2 Å². The second kappa shape index (κ2) is 6.43. The largest absolute Gasteiger partial charge is 0.326 e. The Hall–Kier alpha value is -0.630. The SMILES string of the molecule is CS(=O)(=O)C1CSCCN1Cc1cccc(CN)c1F. The van der Waals surface area contributed by atoms with Crippen molar-refractivity contribution in [1.29, 1.82) is 0 Å². The summed E-state index contributed by atoms with van der Waals surface area (Å²) in [6.07, 6.45) is 1.24. The van der Waals surface area contributed by atoms with E-state index in [0.29, 0.717) is 30.0 Å². The molecule has 20 heavy (non-hydrogen) atoms. The molecule has 1 aromatic rings. The third-order valence-corrected chi connectivity index (χ3v) is 6.12. The van der Waals surface area contributed by atoms with E-state index < -0.39 is 15.2 Å². The maximum Gasteiger partial charge on any atom is 0.164 e. The van der Waals surface area contributed by atoms with Crippen molar-refractivity contribution >= 4 is 21.6 Å². The van der Waals surface area contributed by atoms with Gasteiger partial charge < -0.3 is 5.73 Å². The first kappa shape index (κ1) is 15.8. The average Bonchev–Trinajstić information content (AvgIpc) is 2.40. The Kier molecular flexibility index (Phi) is 5.06. The molecule has 1 aliphatic rings. The molecular weight excluding hydrogens is 299 g/mol. The van der Waals surface area contributed by atoms with E-state index in [1.165, 1.54) is 6.26 Å². The molecule has 4 nitrogen and oxygen atoms in total. The standard InChI is InChI=1S/C13H19FN2O2S2/c1-20(17,18)12-9-19-6-5-16(12)8-11-4-2-3-10(7-15)13(11)14/h2-4,12H,5-9,15H2,1H3. The molecule has 0 bridgehead atoms. The second-order valence-corrected chi connectivity index (χ2v) is 8.28. The minimum Gasteiger partial charge on any atom is -0.326 e. The predicted octanol–water partition coefficient (Wildman–Crippen LogP) is 1.20. The normalized spacial score (nSPS) is 21.1. The summed E-state index contributed by atoms with van der Waals surface area (Å²) in [5, 5.41) is -0.540. The van der Waals surface area contributed by atoms with E-state index in [2.05, 4.69) is 0 Å². The summed E-state index contributed by atoms with van der Waals surface area (Å²) in [4.78, 5) is 1.84. The highest BCUT2D eigenvalue weighted by Gasteiger charge is 2.31. The van der Waals surface area contributed by atoms with Gasteiger partial charge in [-0.3, -0.25) is 4.90 Å². The van der Waals surface area contributed by atoms with Crippen LogP contribution in [0.5, 0.6) is 0 Å². The molecule has 0 amide bonds. The molecule has 112 valence electrons. The van der Waals surface area contributed by atoms with Gasteiger partial charge in [-0.2, -0.15) is 11.8 Å². The third-order valence-electron chi connectivity index (χ3n) is 3.44. The quantitative estimate of drug-likeness (QED) is 0.904. The maximum absolute atomic E-state index is 14.2. The van der Waals surface area contributed by atoms with Gasteiger partial charge in [-0.05, 0) is 0 Å². The van der Waals surface area contributed by atoms with Crippen molar-refractivity contribution in [2.24, 2.45) is 5.73 Å². The van der Waals surface area contributed by atoms with E-state index in [-0.39, 0.29) is 12.4 Å². The van der Waals surface area contributed by atoms with Gasteiger partial charge in [0.05, 0.1) is 0 Å². The van der Waals surface area contributed by atoms with Crippen LogP contribution in [0.2, 0.25) is 0 Å². The number of hydrogen-bond acceptors (Lipinski definition) is 5. The average molecular weight is 318 g/mol. The van der Waals surface area contributed by atoms with Gasteiger partial charge in [-0.1, -0.05) is 18.2 Å². The van der Waals surface area contributed by atoms with Crippen LogP contribution in [0.25, 0.3) is 0 Å². The van der Waals surface area contributed by atoms with Crippen molar-refractivity contribution in [3.05, 3.63) is 35.1 Å². The Morgan fingerprint density at radius 3 is 2.80 bits per heavy atom. The molecular formula is C13H19FN2O2S2. The summed E-state index contributed by atoms with van der Waals surface area (Å²) in [6.45, 7) is 1.09. The van der Waals surface area contributed by atoms with Crippen molar-refractivity contribution in [1.82, 2.24) is 4.90 Å². The van der Waals surface area contributed by atoms with Crippen molar-refractivity contribution in [3.8, 4) is 0 Å². The fourth-order valence-corrected chi connectivity index (χ4v) is 5.26. The monoisotopic (exact) mass is 318 g/mol. The number of rotatable bonds is 4. The number of sulfone groups is 1. The van der Waals surface area contributed by atoms with Gasteiger partial charge in [-0.15, -0.1) is 0 Å². The van der Waals surface area contributed by atoms with Gasteiger partial charge >= 0.3 is 0 Å². The number of nitrogens with zero attached hydrogens (tertiary/aromatic N) is 1. The van der Waals surface area contributed by atoms with Crippen LogP contribution in [0.4, 0.5) is 4.39 Å². The second-order valence-electron chi connectivity index (χ2n) is 4.92. The molecule has 0 aliphatic carbocycles. The fourth-order valence-electron chi connectivity index (χ4n) is 2.32. The number of nitrogens with two attached hydrogens (primary N) is 1. The van der Waals surface area contributed by atoms with Crippen LogP contribution in [-0.2, 0) is 22.9 Å². The summed E-state index contributed by atoms with van der Waals surface area (Å²) in [6, 6.07) is 5.10. The molecule has 1 heterocycles. The molecule has 1 atom stereocenters. The van der Waals surface area contributed by atoms with Gasteiger partial charge in [0.25, 0.3) is 0 Å². The smallest absolute Gasteiger partial charge is 0.164 e. The van der Waals surface area contributed by atoms with E-state index in [1.807, 2.05) is 4.90 Å². The van der Waals surface area contributed by atoms with Crippen molar-refractivity contribution in [3.63, 3.8) is 0 Å². The van der Waals surface area contributed by atoms with Crippen molar-refractivity contribution < 1.29 is 12.8 Å². The minimum atomic E-state index is -3.17. The molecule has 1 unspecified atom stereocenters. The van der Waals surface area contributed by atoms with Crippen LogP contribution >= 0.6 is 11.8 Å². The molecule has 1 aliphatic heterocycles. The summed E-state index contributed by atoms with van der Waals surface area (Å²) in [5.41, 5.74) is 6.47. The zero-order valence-corrected chi connectivity index (χ0v) is 13.0. The summed E-state index contributed by atoms with van der Waals surface area (Å²) in [5.74, 6) is 1.09. The van der Waals surface area contributed by atoms with Crippen LogP contribution in [0, 0.1) is 5.82 Å². The first-order valence-electron chi connectivity index (χ1n) is 6.40. The number of thioether (sulfide) groups is 1. The highest BCUT2D eigenvalue weighted by Crippen LogP contribution is 2.24. The molecule has 1 fully saturated rings. The Morgan fingerprint density at radius 1 is 1.45 bits per heavy atom. The molecule has 0 aromatic heterocycles. The molecule has 1 saturated heterocycles. The Balaban J connectivity index is 2.23. The maximum atomic E-state index is 14.2. The highest BCUT2D eigenvalue weighted by atomic mass is 32.2. The molecule has 0 saturated carbocycles. The van der Waals surface area contributed by atoms with Gasteiger partial charge in [0.1, 0.15) is 11.2 Å².